The number of rotatable bonds is 7. The van der Waals surface area contributed by atoms with Crippen LogP contribution in [0, 0.1) is 6.42 Å². The summed E-state index contributed by atoms with van der Waals surface area (Å²) in [7, 11) is -3.42. The molecule has 2 N–H and O–H groups in total. The number of likely N-dealkylation sites (tertiary alicyclic amines) is 1. The van der Waals surface area contributed by atoms with Crippen LogP contribution in [0.4, 0.5) is 16.2 Å². The lowest BCUT2D eigenvalue weighted by atomic mass is 10.0. The van der Waals surface area contributed by atoms with Gasteiger partial charge in [0.05, 0.1) is 17.6 Å². The minimum atomic E-state index is -3.42. The topological polar surface area (TPSA) is 102 Å². The van der Waals surface area contributed by atoms with Crippen LogP contribution < -0.4 is 14.9 Å². The van der Waals surface area contributed by atoms with Crippen LogP contribution >= 0.6 is 11.6 Å². The summed E-state index contributed by atoms with van der Waals surface area (Å²) in [5.41, 5.74) is 2.19. The lowest BCUT2D eigenvalue weighted by molar-refractivity contribution is -0.133. The van der Waals surface area contributed by atoms with Gasteiger partial charge >= 0.3 is 6.03 Å². The van der Waals surface area contributed by atoms with E-state index in [1.54, 1.807) is 34.1 Å². The molecular weight excluding hydrogens is 514 g/mol. The Kier molecular flexibility index (Phi) is 8.81. The maximum absolute atomic E-state index is 13.6. The Morgan fingerprint density at radius 2 is 1.57 bits per heavy atom. The minimum absolute atomic E-state index is 0.130. The van der Waals surface area contributed by atoms with E-state index < -0.39 is 16.1 Å². The van der Waals surface area contributed by atoms with Crippen molar-refractivity contribution in [2.45, 2.75) is 25.3 Å². The minimum Gasteiger partial charge on any atom is -0.366 e. The number of hydrogen-bond donors (Lipinski definition) is 2. The highest BCUT2D eigenvalue weighted by atomic mass is 35.5. The molecule has 4 rings (SSSR count). The van der Waals surface area contributed by atoms with Crippen molar-refractivity contribution in [2.24, 2.45) is 0 Å². The SMILES string of the molecule is CS(=O)(=O)Nc1ccccc1N1CCN(C(=O)[C@@H](Cc2ccc(Cl)cc2)NC(=O)N2CC[CH]CC2)CC1. The van der Waals surface area contributed by atoms with Gasteiger partial charge in [-0.3, -0.25) is 9.52 Å². The predicted molar refractivity (Wildman–Crippen MR) is 146 cm³/mol. The summed E-state index contributed by atoms with van der Waals surface area (Å²) >= 11 is 6.03. The molecule has 11 heteroatoms. The molecule has 1 radical (unpaired) electrons. The molecule has 0 unspecified atom stereocenters. The predicted octanol–water partition coefficient (Wildman–Crippen LogP) is 2.98. The Hall–Kier alpha value is -2.98. The molecular formula is C26H33ClN5O4S. The normalized spacial score (nSPS) is 17.3. The van der Waals surface area contributed by atoms with Gasteiger partial charge in [-0.1, -0.05) is 35.9 Å². The van der Waals surface area contributed by atoms with Crippen molar-refractivity contribution in [1.29, 1.82) is 0 Å². The fourth-order valence-corrected chi connectivity index (χ4v) is 5.37. The molecule has 2 aliphatic heterocycles. The molecule has 0 spiro atoms. The van der Waals surface area contributed by atoms with Crippen LogP contribution in [0.25, 0.3) is 0 Å². The first kappa shape index (κ1) is 27.1. The lowest BCUT2D eigenvalue weighted by Crippen LogP contribution is -2.57. The van der Waals surface area contributed by atoms with Crippen molar-refractivity contribution in [3.63, 3.8) is 0 Å². The molecule has 0 saturated carbocycles. The highest BCUT2D eigenvalue weighted by molar-refractivity contribution is 7.92. The van der Waals surface area contributed by atoms with Gasteiger partial charge in [-0.15, -0.1) is 0 Å². The molecule has 37 heavy (non-hydrogen) atoms. The smallest absolute Gasteiger partial charge is 0.318 e. The van der Waals surface area contributed by atoms with E-state index in [4.69, 9.17) is 11.6 Å². The van der Waals surface area contributed by atoms with E-state index >= 15 is 0 Å². The highest BCUT2D eigenvalue weighted by Gasteiger charge is 2.31. The van der Waals surface area contributed by atoms with Crippen molar-refractivity contribution >= 4 is 44.9 Å². The number of hydrogen-bond acceptors (Lipinski definition) is 5. The molecule has 3 amide bonds. The van der Waals surface area contributed by atoms with Gasteiger partial charge in [-0.05, 0) is 49.1 Å². The van der Waals surface area contributed by atoms with Crippen molar-refractivity contribution in [1.82, 2.24) is 15.1 Å². The molecule has 199 valence electrons. The summed E-state index contributed by atoms with van der Waals surface area (Å²) in [6.45, 7) is 3.28. The first-order valence-electron chi connectivity index (χ1n) is 12.4. The van der Waals surface area contributed by atoms with Gasteiger partial charge in [-0.25, -0.2) is 13.2 Å². The number of para-hydroxylation sites is 2. The average Bonchev–Trinajstić information content (AvgIpc) is 2.89. The molecule has 0 bridgehead atoms. The number of carbonyl (C=O) groups is 2. The molecule has 2 aliphatic rings. The molecule has 2 aromatic carbocycles. The van der Waals surface area contributed by atoms with Gasteiger partial charge in [0.15, 0.2) is 0 Å². The van der Waals surface area contributed by atoms with Gasteiger partial charge in [0.25, 0.3) is 0 Å². The Morgan fingerprint density at radius 1 is 0.919 bits per heavy atom. The molecule has 0 aliphatic carbocycles. The maximum atomic E-state index is 13.6. The number of urea groups is 1. The second-order valence-corrected chi connectivity index (χ2v) is 11.6. The number of carbonyl (C=O) groups excluding carboxylic acids is 2. The summed E-state index contributed by atoms with van der Waals surface area (Å²) < 4.78 is 26.2. The third kappa shape index (κ3) is 7.52. The van der Waals surface area contributed by atoms with Crippen molar-refractivity contribution in [3.8, 4) is 0 Å². The summed E-state index contributed by atoms with van der Waals surface area (Å²) in [6, 6.07) is 13.6. The Labute approximate surface area is 223 Å². The molecule has 0 aromatic heterocycles. The van der Waals surface area contributed by atoms with Crippen molar-refractivity contribution in [2.75, 3.05) is 55.1 Å². The zero-order valence-electron chi connectivity index (χ0n) is 20.9. The van der Waals surface area contributed by atoms with E-state index in [1.165, 1.54) is 0 Å². The van der Waals surface area contributed by atoms with Crippen LogP contribution in [-0.2, 0) is 21.2 Å². The number of sulfonamides is 1. The second-order valence-electron chi connectivity index (χ2n) is 9.39. The van der Waals surface area contributed by atoms with Crippen molar-refractivity contribution < 1.29 is 18.0 Å². The first-order chi connectivity index (χ1) is 17.7. The summed E-state index contributed by atoms with van der Waals surface area (Å²) in [6.07, 6.45) is 5.35. The molecule has 2 fully saturated rings. The standard InChI is InChI=1S/C26H33ClN5O4S/c1-37(35,36)29-22-7-3-4-8-24(22)30-15-17-31(18-16-30)25(33)23(19-20-9-11-21(27)12-10-20)28-26(34)32-13-5-2-6-14-32/h2-4,7-12,23,29H,5-6,13-19H2,1H3,(H,28,34)/t23-/m1/s1. The van der Waals surface area contributed by atoms with E-state index in [-0.39, 0.29) is 11.9 Å². The number of nitrogens with one attached hydrogen (secondary N) is 2. The fourth-order valence-electron chi connectivity index (χ4n) is 4.67. The third-order valence-corrected chi connectivity index (χ3v) is 7.42. The number of anilines is 2. The number of piperidine rings is 1. The molecule has 1 atom stereocenters. The van der Waals surface area contributed by atoms with Crippen LogP contribution in [0.15, 0.2) is 48.5 Å². The van der Waals surface area contributed by atoms with Gasteiger partial charge in [-0.2, -0.15) is 0 Å². The summed E-state index contributed by atoms with van der Waals surface area (Å²) in [5, 5.41) is 3.60. The Morgan fingerprint density at radius 3 is 2.22 bits per heavy atom. The van der Waals surface area contributed by atoms with E-state index in [0.29, 0.717) is 56.4 Å². The number of halogens is 1. The fraction of sp³-hybridized carbons (Fsp3) is 0.423. The van der Waals surface area contributed by atoms with Crippen LogP contribution in [0.2, 0.25) is 5.02 Å². The number of amides is 3. The molecule has 2 heterocycles. The van der Waals surface area contributed by atoms with Crippen LogP contribution in [0.1, 0.15) is 18.4 Å². The Bertz CT molecular complexity index is 1190. The largest absolute Gasteiger partial charge is 0.366 e. The lowest BCUT2D eigenvalue weighted by Gasteiger charge is -2.38. The van der Waals surface area contributed by atoms with E-state index in [1.807, 2.05) is 24.3 Å². The maximum Gasteiger partial charge on any atom is 0.318 e. The summed E-state index contributed by atoms with van der Waals surface area (Å²) in [5.74, 6) is -0.130. The van der Waals surface area contributed by atoms with E-state index in [9.17, 15) is 18.0 Å². The van der Waals surface area contributed by atoms with Crippen LogP contribution in [-0.4, -0.2) is 81.7 Å². The zero-order chi connectivity index (χ0) is 26.4. The van der Waals surface area contributed by atoms with Crippen LogP contribution in [0.3, 0.4) is 0 Å². The van der Waals surface area contributed by atoms with Gasteiger partial charge in [0, 0.05) is 50.7 Å². The number of benzene rings is 2. The molecule has 9 nitrogen and oxygen atoms in total. The van der Waals surface area contributed by atoms with Crippen molar-refractivity contribution in [3.05, 3.63) is 65.5 Å². The highest BCUT2D eigenvalue weighted by Crippen LogP contribution is 2.27. The number of piperazine rings is 1. The Balaban J connectivity index is 1.45. The van der Waals surface area contributed by atoms with Crippen LogP contribution in [0.5, 0.6) is 0 Å². The molecule has 2 aromatic rings. The van der Waals surface area contributed by atoms with Gasteiger partial charge < -0.3 is 20.0 Å². The molecule has 2 saturated heterocycles. The third-order valence-electron chi connectivity index (χ3n) is 6.57. The second kappa shape index (κ2) is 12.0. The zero-order valence-corrected chi connectivity index (χ0v) is 22.5. The van der Waals surface area contributed by atoms with Gasteiger partial charge in [0.2, 0.25) is 15.9 Å². The van der Waals surface area contributed by atoms with E-state index in [0.717, 1.165) is 30.3 Å². The van der Waals surface area contributed by atoms with E-state index in [2.05, 4.69) is 21.4 Å². The summed E-state index contributed by atoms with van der Waals surface area (Å²) in [4.78, 5) is 32.2. The van der Waals surface area contributed by atoms with Gasteiger partial charge in [0.1, 0.15) is 6.04 Å². The first-order valence-corrected chi connectivity index (χ1v) is 14.7. The number of nitrogens with zero attached hydrogens (tertiary/aromatic N) is 3. The average molecular weight is 547 g/mol. The monoisotopic (exact) mass is 546 g/mol. The quantitative estimate of drug-likeness (QED) is 0.556.